The first-order valence-electron chi connectivity index (χ1n) is 14.0. The van der Waals surface area contributed by atoms with Crippen LogP contribution in [0.5, 0.6) is 0 Å². The van der Waals surface area contributed by atoms with E-state index in [4.69, 9.17) is 20.4 Å². The van der Waals surface area contributed by atoms with Gasteiger partial charge in [-0.2, -0.15) is 0 Å². The highest BCUT2D eigenvalue weighted by atomic mass is 16.4. The molecule has 0 aliphatic heterocycles. The number of unbranched alkanes of at least 4 members (excludes halogenated alkanes) is 8. The Kier molecular flexibility index (Phi) is 15.4. The van der Waals surface area contributed by atoms with Crippen LogP contribution in [-0.2, 0) is 19.2 Å². The summed E-state index contributed by atoms with van der Waals surface area (Å²) >= 11 is 0. The van der Waals surface area contributed by atoms with Crippen LogP contribution in [-0.4, -0.2) is 44.3 Å². The Morgan fingerprint density at radius 1 is 0.611 bits per heavy atom. The van der Waals surface area contributed by atoms with Crippen LogP contribution in [0.2, 0.25) is 0 Å². The second-order valence-corrected chi connectivity index (χ2v) is 10.9. The van der Waals surface area contributed by atoms with Gasteiger partial charge in [-0.3, -0.25) is 19.2 Å². The van der Waals surface area contributed by atoms with E-state index in [2.05, 4.69) is 13.8 Å². The quantitative estimate of drug-likeness (QED) is 0.103. The van der Waals surface area contributed by atoms with Crippen LogP contribution in [0.1, 0.15) is 117 Å². The zero-order chi connectivity index (χ0) is 27.1. The number of hydrogen-bond donors (Lipinski definition) is 4. The third-order valence-electron chi connectivity index (χ3n) is 8.34. The van der Waals surface area contributed by atoms with Crippen molar-refractivity contribution < 1.29 is 39.6 Å². The molecule has 36 heavy (non-hydrogen) atoms. The SMILES string of the molecule is CCC1CC(C)C(CCCCCCCC(C(=O)O)C(=O)O)C1CCCCCCCC(C(=O)O)C(=O)O. The fourth-order valence-corrected chi connectivity index (χ4v) is 6.24. The lowest BCUT2D eigenvalue weighted by molar-refractivity contribution is -0.156. The summed E-state index contributed by atoms with van der Waals surface area (Å²) in [6, 6.07) is 0. The van der Waals surface area contributed by atoms with Gasteiger partial charge in [0.15, 0.2) is 11.8 Å². The van der Waals surface area contributed by atoms with E-state index in [1.54, 1.807) is 0 Å². The molecule has 0 aromatic heterocycles. The monoisotopic (exact) mass is 512 g/mol. The largest absolute Gasteiger partial charge is 0.481 e. The summed E-state index contributed by atoms with van der Waals surface area (Å²) in [5, 5.41) is 35.8. The molecular formula is C28H48O8. The molecule has 0 aromatic rings. The van der Waals surface area contributed by atoms with Crippen LogP contribution in [0.25, 0.3) is 0 Å². The van der Waals surface area contributed by atoms with Crippen molar-refractivity contribution >= 4 is 23.9 Å². The van der Waals surface area contributed by atoms with E-state index in [0.717, 1.165) is 68.6 Å². The lowest BCUT2D eigenvalue weighted by Gasteiger charge is -2.26. The molecule has 0 saturated heterocycles. The molecule has 1 fully saturated rings. The summed E-state index contributed by atoms with van der Waals surface area (Å²) in [4.78, 5) is 43.8. The molecule has 8 heteroatoms. The zero-order valence-electron chi connectivity index (χ0n) is 22.2. The minimum atomic E-state index is -1.29. The molecular weight excluding hydrogens is 464 g/mol. The van der Waals surface area contributed by atoms with Crippen LogP contribution < -0.4 is 0 Å². The van der Waals surface area contributed by atoms with Crippen molar-refractivity contribution in [2.75, 3.05) is 0 Å². The van der Waals surface area contributed by atoms with Gasteiger partial charge in [0.1, 0.15) is 0 Å². The molecule has 1 aliphatic rings. The van der Waals surface area contributed by atoms with Crippen LogP contribution >= 0.6 is 0 Å². The zero-order valence-corrected chi connectivity index (χ0v) is 22.2. The molecule has 0 aromatic carbocycles. The summed E-state index contributed by atoms with van der Waals surface area (Å²) in [6.07, 6.45) is 14.9. The Morgan fingerprint density at radius 2 is 0.972 bits per heavy atom. The van der Waals surface area contributed by atoms with Gasteiger partial charge >= 0.3 is 23.9 Å². The van der Waals surface area contributed by atoms with Crippen molar-refractivity contribution in [3.05, 3.63) is 0 Å². The van der Waals surface area contributed by atoms with Crippen molar-refractivity contribution in [3.63, 3.8) is 0 Å². The molecule has 0 radical (unpaired) electrons. The van der Waals surface area contributed by atoms with Gasteiger partial charge < -0.3 is 20.4 Å². The maximum Gasteiger partial charge on any atom is 0.317 e. The molecule has 8 nitrogen and oxygen atoms in total. The maximum atomic E-state index is 11.0. The van der Waals surface area contributed by atoms with Crippen LogP contribution in [0.3, 0.4) is 0 Å². The maximum absolute atomic E-state index is 11.0. The Labute approximate surface area is 215 Å². The Hall–Kier alpha value is -2.12. The highest BCUT2D eigenvalue weighted by molar-refractivity contribution is 5.93. The Morgan fingerprint density at radius 3 is 1.36 bits per heavy atom. The topological polar surface area (TPSA) is 149 Å². The van der Waals surface area contributed by atoms with Crippen LogP contribution in [0, 0.1) is 35.5 Å². The molecule has 0 bridgehead atoms. The fourth-order valence-electron chi connectivity index (χ4n) is 6.24. The standard InChI is InChI=1S/C28H48O8/c1-3-20-18-19(2)21(14-10-6-4-8-12-16-23(25(29)30)26(31)32)22(20)15-11-7-5-9-13-17-24(27(33)34)28(35)36/h19-24H,3-18H2,1-2H3,(H,29,30)(H,31,32)(H,33,34)(H,35,36). The van der Waals surface area contributed by atoms with Gasteiger partial charge in [-0.1, -0.05) is 84.5 Å². The number of hydrogen-bond acceptors (Lipinski definition) is 4. The molecule has 0 amide bonds. The molecule has 0 heterocycles. The van der Waals surface area contributed by atoms with Crippen LogP contribution in [0.4, 0.5) is 0 Å². The third-order valence-corrected chi connectivity index (χ3v) is 8.34. The lowest BCUT2D eigenvalue weighted by atomic mass is 9.79. The molecule has 1 rings (SSSR count). The predicted molar refractivity (Wildman–Crippen MR) is 137 cm³/mol. The van der Waals surface area contributed by atoms with Gasteiger partial charge in [0, 0.05) is 0 Å². The van der Waals surface area contributed by atoms with Crippen LogP contribution in [0.15, 0.2) is 0 Å². The molecule has 208 valence electrons. The smallest absolute Gasteiger partial charge is 0.317 e. The van der Waals surface area contributed by atoms with Gasteiger partial charge in [-0.15, -0.1) is 0 Å². The Bertz CT molecular complexity index is 663. The summed E-state index contributed by atoms with van der Waals surface area (Å²) in [7, 11) is 0. The van der Waals surface area contributed by atoms with E-state index in [-0.39, 0.29) is 12.8 Å². The van der Waals surface area contributed by atoms with Gasteiger partial charge in [0.25, 0.3) is 0 Å². The Balaban J connectivity index is 2.29. The van der Waals surface area contributed by atoms with Crippen molar-refractivity contribution in [1.29, 1.82) is 0 Å². The second kappa shape index (κ2) is 17.4. The highest BCUT2D eigenvalue weighted by Gasteiger charge is 2.38. The summed E-state index contributed by atoms with van der Waals surface area (Å²) in [6.45, 7) is 4.67. The third kappa shape index (κ3) is 11.3. The highest BCUT2D eigenvalue weighted by Crippen LogP contribution is 2.47. The number of aliphatic carboxylic acids is 4. The molecule has 1 saturated carbocycles. The van der Waals surface area contributed by atoms with E-state index in [1.165, 1.54) is 32.1 Å². The first-order valence-corrected chi connectivity index (χ1v) is 14.0. The average Bonchev–Trinajstić information content (AvgIpc) is 3.10. The molecule has 1 aliphatic carbocycles. The first kappa shape index (κ1) is 31.9. The number of rotatable bonds is 21. The summed E-state index contributed by atoms with van der Waals surface area (Å²) in [5.74, 6) is -4.58. The van der Waals surface area contributed by atoms with E-state index >= 15 is 0 Å². The average molecular weight is 513 g/mol. The van der Waals surface area contributed by atoms with E-state index in [0.29, 0.717) is 12.8 Å². The van der Waals surface area contributed by atoms with E-state index in [1.807, 2.05) is 0 Å². The minimum Gasteiger partial charge on any atom is -0.481 e. The summed E-state index contributed by atoms with van der Waals surface area (Å²) < 4.78 is 0. The van der Waals surface area contributed by atoms with Crippen molar-refractivity contribution in [1.82, 2.24) is 0 Å². The van der Waals surface area contributed by atoms with Gasteiger partial charge in [0.2, 0.25) is 0 Å². The van der Waals surface area contributed by atoms with Gasteiger partial charge in [-0.05, 0) is 55.8 Å². The van der Waals surface area contributed by atoms with Crippen molar-refractivity contribution in [2.45, 2.75) is 117 Å². The minimum absolute atomic E-state index is 0.199. The van der Waals surface area contributed by atoms with Gasteiger partial charge in [-0.25, -0.2) is 0 Å². The molecule has 4 N–H and O–H groups in total. The number of carboxylic acids is 4. The van der Waals surface area contributed by atoms with Gasteiger partial charge in [0.05, 0.1) is 0 Å². The van der Waals surface area contributed by atoms with Crippen molar-refractivity contribution in [3.8, 4) is 0 Å². The molecule has 4 atom stereocenters. The second-order valence-electron chi connectivity index (χ2n) is 10.9. The molecule has 4 unspecified atom stereocenters. The fraction of sp³-hybridized carbons (Fsp3) is 0.857. The lowest BCUT2D eigenvalue weighted by Crippen LogP contribution is -2.23. The number of carbonyl (C=O) groups is 4. The van der Waals surface area contributed by atoms with E-state index in [9.17, 15) is 19.2 Å². The predicted octanol–water partition coefficient (Wildman–Crippen LogP) is 6.32. The normalized spacial score (nSPS) is 21.8. The molecule has 0 spiro atoms. The summed E-state index contributed by atoms with van der Waals surface area (Å²) in [5.41, 5.74) is 0. The number of carboxylic acid groups (broad SMARTS) is 4. The van der Waals surface area contributed by atoms with Crippen molar-refractivity contribution in [2.24, 2.45) is 35.5 Å². The first-order chi connectivity index (χ1) is 17.1. The van der Waals surface area contributed by atoms with E-state index < -0.39 is 35.7 Å².